The van der Waals surface area contributed by atoms with Crippen molar-refractivity contribution in [3.8, 4) is 0 Å². The van der Waals surface area contributed by atoms with E-state index in [0.717, 1.165) is 12.1 Å². The second-order valence-corrected chi connectivity index (χ2v) is 4.97. The van der Waals surface area contributed by atoms with Crippen LogP contribution in [0.2, 0.25) is 0 Å². The molecule has 0 saturated heterocycles. The van der Waals surface area contributed by atoms with E-state index in [2.05, 4.69) is 17.5 Å². The Bertz CT molecular complexity index is 545. The molecule has 3 N–H and O–H groups in total. The lowest BCUT2D eigenvalue weighted by Crippen LogP contribution is -2.22. The zero-order chi connectivity index (χ0) is 16.2. The van der Waals surface area contributed by atoms with Crippen molar-refractivity contribution in [3.05, 3.63) is 29.3 Å². The molecule has 0 bridgehead atoms. The smallest absolute Gasteiger partial charge is 0.389 e. The van der Waals surface area contributed by atoms with Crippen molar-refractivity contribution in [1.29, 1.82) is 0 Å². The van der Waals surface area contributed by atoms with Crippen LogP contribution >= 0.6 is 12.2 Å². The predicted octanol–water partition coefficient (Wildman–Crippen LogP) is 2.70. The summed E-state index contributed by atoms with van der Waals surface area (Å²) in [6, 6.07) is 3.23. The van der Waals surface area contributed by atoms with Crippen LogP contribution in [0.3, 0.4) is 0 Å². The third-order valence-corrected chi connectivity index (χ3v) is 2.64. The molecule has 0 fully saturated rings. The van der Waals surface area contributed by atoms with Gasteiger partial charge in [0, 0.05) is 11.3 Å². The van der Waals surface area contributed by atoms with Gasteiger partial charge in [-0.15, -0.1) is 0 Å². The van der Waals surface area contributed by atoms with E-state index in [-0.39, 0.29) is 29.0 Å². The third kappa shape index (κ3) is 5.31. The van der Waals surface area contributed by atoms with Gasteiger partial charge in [0.05, 0.1) is 11.7 Å². The number of rotatable bonds is 5. The van der Waals surface area contributed by atoms with Crippen LogP contribution < -0.4 is 11.1 Å². The zero-order valence-electron chi connectivity index (χ0n) is 11.5. The topological polar surface area (TPSA) is 64.3 Å². The van der Waals surface area contributed by atoms with E-state index >= 15 is 0 Å². The molecule has 1 aromatic carbocycles. The second-order valence-electron chi connectivity index (χ2n) is 4.53. The zero-order valence-corrected chi connectivity index (χ0v) is 12.3. The van der Waals surface area contributed by atoms with Gasteiger partial charge in [0.1, 0.15) is 11.6 Å². The minimum atomic E-state index is -4.62. The van der Waals surface area contributed by atoms with Crippen LogP contribution in [0.5, 0.6) is 0 Å². The van der Waals surface area contributed by atoms with Gasteiger partial charge in [-0.25, -0.2) is 0 Å². The first-order valence-corrected chi connectivity index (χ1v) is 6.44. The summed E-state index contributed by atoms with van der Waals surface area (Å²) in [4.78, 5) is 11.2. The number of nitrogens with one attached hydrogen (secondary N) is 1. The molecule has 0 saturated carbocycles. The number of nitrogens with two attached hydrogens (primary N) is 1. The fourth-order valence-corrected chi connectivity index (χ4v) is 1.69. The van der Waals surface area contributed by atoms with Crippen molar-refractivity contribution >= 4 is 28.8 Å². The molecule has 0 heterocycles. The van der Waals surface area contributed by atoms with Crippen LogP contribution in [0.25, 0.3) is 0 Å². The van der Waals surface area contributed by atoms with Crippen LogP contribution in [0.15, 0.2) is 18.2 Å². The van der Waals surface area contributed by atoms with Crippen molar-refractivity contribution < 1.29 is 22.7 Å². The highest BCUT2D eigenvalue weighted by Crippen LogP contribution is 2.33. The van der Waals surface area contributed by atoms with Gasteiger partial charge in [-0.1, -0.05) is 12.2 Å². The maximum Gasteiger partial charge on any atom is 0.417 e. The van der Waals surface area contributed by atoms with E-state index in [0.29, 0.717) is 0 Å². The molecule has 0 spiro atoms. The van der Waals surface area contributed by atoms with E-state index in [1.807, 2.05) is 0 Å². The highest BCUT2D eigenvalue weighted by atomic mass is 32.1. The fraction of sp³-hybridized carbons (Fsp3) is 0.385. The van der Waals surface area contributed by atoms with Gasteiger partial charge in [0.15, 0.2) is 0 Å². The predicted molar refractivity (Wildman–Crippen MR) is 77.0 cm³/mol. The largest absolute Gasteiger partial charge is 0.417 e. The first kappa shape index (κ1) is 17.4. The van der Waals surface area contributed by atoms with Crippen molar-refractivity contribution in [3.63, 3.8) is 0 Å². The quantitative estimate of drug-likeness (QED) is 0.819. The Balaban J connectivity index is 2.96. The van der Waals surface area contributed by atoms with Gasteiger partial charge in [0.25, 0.3) is 0 Å². The molecular formula is C13H15F3N2O2S. The number of alkyl halides is 3. The molecule has 0 atom stereocenters. The second kappa shape index (κ2) is 6.86. The number of thiocarbonyl (C=S) groups is 1. The van der Waals surface area contributed by atoms with Gasteiger partial charge in [-0.3, -0.25) is 4.79 Å². The number of halogens is 3. The lowest BCUT2D eigenvalue weighted by atomic mass is 10.1. The average molecular weight is 320 g/mol. The summed E-state index contributed by atoms with van der Waals surface area (Å²) in [5, 5.41) is 2.33. The molecule has 8 heteroatoms. The Morgan fingerprint density at radius 3 is 2.52 bits per heavy atom. The molecular weight excluding hydrogens is 305 g/mol. The number of ether oxygens (including phenoxy) is 1. The summed E-state index contributed by atoms with van der Waals surface area (Å²) in [6.45, 7) is 3.24. The molecule has 1 rings (SSSR count). The van der Waals surface area contributed by atoms with Crippen LogP contribution in [0.4, 0.5) is 18.9 Å². The molecule has 4 nitrogen and oxygen atoms in total. The number of benzene rings is 1. The fourth-order valence-electron chi connectivity index (χ4n) is 1.51. The van der Waals surface area contributed by atoms with E-state index in [1.54, 1.807) is 13.8 Å². The summed E-state index contributed by atoms with van der Waals surface area (Å²) < 4.78 is 43.8. The number of anilines is 1. The highest BCUT2D eigenvalue weighted by Gasteiger charge is 2.34. The molecule has 0 radical (unpaired) electrons. The van der Waals surface area contributed by atoms with Gasteiger partial charge in [-0.2, -0.15) is 13.2 Å². The average Bonchev–Trinajstić information content (AvgIpc) is 2.35. The first-order valence-electron chi connectivity index (χ1n) is 6.03. The van der Waals surface area contributed by atoms with Crippen LogP contribution in [0, 0.1) is 0 Å². The summed E-state index contributed by atoms with van der Waals surface area (Å²) in [5.41, 5.74) is 4.00. The van der Waals surface area contributed by atoms with Crippen LogP contribution in [-0.2, 0) is 15.7 Å². The summed E-state index contributed by atoms with van der Waals surface area (Å²) in [6.07, 6.45) is -4.77. The van der Waals surface area contributed by atoms with E-state index in [1.165, 1.54) is 6.07 Å². The normalized spacial score (nSPS) is 11.5. The number of carbonyl (C=O) groups is 1. The maximum atomic E-state index is 12.9. The molecule has 1 aromatic rings. The Kier molecular flexibility index (Phi) is 5.68. The number of carbonyl (C=O) groups excluding carboxylic acids is 1. The number of hydrogen-bond donors (Lipinski definition) is 2. The minimum absolute atomic E-state index is 0.000295. The Labute approximate surface area is 125 Å². The summed E-state index contributed by atoms with van der Waals surface area (Å²) >= 11 is 4.59. The Morgan fingerprint density at radius 2 is 2.05 bits per heavy atom. The first-order chi connectivity index (χ1) is 9.61. The van der Waals surface area contributed by atoms with Gasteiger partial charge in [0.2, 0.25) is 5.91 Å². The minimum Gasteiger partial charge on any atom is -0.389 e. The van der Waals surface area contributed by atoms with Crippen molar-refractivity contribution in [2.75, 3.05) is 11.9 Å². The van der Waals surface area contributed by atoms with Gasteiger partial charge < -0.3 is 15.8 Å². The van der Waals surface area contributed by atoms with Crippen molar-refractivity contribution in [2.24, 2.45) is 5.73 Å². The SMILES string of the molecule is CC(C)OCC(=O)Nc1ccc(C(N)=S)c(C(F)(F)F)c1. The third-order valence-electron chi connectivity index (χ3n) is 2.42. The highest BCUT2D eigenvalue weighted by molar-refractivity contribution is 7.80. The Morgan fingerprint density at radius 1 is 1.43 bits per heavy atom. The van der Waals surface area contributed by atoms with Crippen molar-refractivity contribution in [2.45, 2.75) is 26.1 Å². The molecule has 0 unspecified atom stereocenters. The Hall–Kier alpha value is -1.67. The molecule has 116 valence electrons. The van der Waals surface area contributed by atoms with E-state index in [4.69, 9.17) is 10.5 Å². The molecule has 0 aliphatic heterocycles. The molecule has 1 amide bonds. The lowest BCUT2D eigenvalue weighted by Gasteiger charge is -2.14. The summed E-state index contributed by atoms with van der Waals surface area (Å²) in [5.74, 6) is -0.542. The standard InChI is InChI=1S/C13H15F3N2O2S/c1-7(2)20-6-11(19)18-8-3-4-9(12(17)21)10(5-8)13(14,15)16/h3-5,7H,6H2,1-2H3,(H2,17,21)(H,18,19). The lowest BCUT2D eigenvalue weighted by molar-refractivity contribution is -0.137. The monoisotopic (exact) mass is 320 g/mol. The molecule has 21 heavy (non-hydrogen) atoms. The van der Waals surface area contributed by atoms with Crippen LogP contribution in [-0.4, -0.2) is 23.6 Å². The molecule has 0 aliphatic carbocycles. The van der Waals surface area contributed by atoms with Gasteiger partial charge in [-0.05, 0) is 32.0 Å². The van der Waals surface area contributed by atoms with E-state index in [9.17, 15) is 18.0 Å². The molecule has 0 aromatic heterocycles. The van der Waals surface area contributed by atoms with Crippen LogP contribution in [0.1, 0.15) is 25.0 Å². The molecule has 0 aliphatic rings. The number of amides is 1. The maximum absolute atomic E-state index is 12.9. The van der Waals surface area contributed by atoms with Crippen molar-refractivity contribution in [1.82, 2.24) is 0 Å². The number of hydrogen-bond acceptors (Lipinski definition) is 3. The summed E-state index contributed by atoms with van der Waals surface area (Å²) in [7, 11) is 0. The van der Waals surface area contributed by atoms with Gasteiger partial charge >= 0.3 is 6.18 Å². The van der Waals surface area contributed by atoms with E-state index < -0.39 is 17.6 Å².